The minimum Gasteiger partial charge on any atom is -0.497 e. The van der Waals surface area contributed by atoms with Crippen LogP contribution in [0, 0.1) is 0 Å². The van der Waals surface area contributed by atoms with Gasteiger partial charge in [0, 0.05) is 45.9 Å². The van der Waals surface area contributed by atoms with Crippen LogP contribution in [0.15, 0.2) is 60.2 Å². The third-order valence-corrected chi connectivity index (χ3v) is 8.25. The second-order valence-corrected chi connectivity index (χ2v) is 10.9. The predicted molar refractivity (Wildman–Crippen MR) is 151 cm³/mol. The molecule has 2 aliphatic heterocycles. The molecule has 7 nitrogen and oxygen atoms in total. The van der Waals surface area contributed by atoms with E-state index in [1.54, 1.807) is 21.3 Å². The fourth-order valence-electron chi connectivity index (χ4n) is 6.39. The topological polar surface area (TPSA) is 54.5 Å². The fraction of sp³-hybridized carbons (Fsp3) is 0.516. The Hall–Kier alpha value is -3.03. The Morgan fingerprint density at radius 2 is 1.53 bits per heavy atom. The van der Waals surface area contributed by atoms with Gasteiger partial charge in [-0.05, 0) is 56.9 Å². The van der Waals surface area contributed by atoms with Gasteiger partial charge in [0.2, 0.25) is 0 Å². The maximum absolute atomic E-state index is 14.1. The van der Waals surface area contributed by atoms with Gasteiger partial charge in [0.05, 0.1) is 31.9 Å². The average Bonchev–Trinajstić information content (AvgIpc) is 3.06. The van der Waals surface area contributed by atoms with E-state index in [9.17, 15) is 4.79 Å². The summed E-state index contributed by atoms with van der Waals surface area (Å²) in [5.41, 5.74) is 2.75. The zero-order valence-corrected chi connectivity index (χ0v) is 23.8. The molecule has 0 saturated carbocycles. The van der Waals surface area contributed by atoms with Crippen LogP contribution in [0.3, 0.4) is 0 Å². The van der Waals surface area contributed by atoms with Gasteiger partial charge in [-0.2, -0.15) is 0 Å². The highest BCUT2D eigenvalue weighted by molar-refractivity contribution is 5.81. The van der Waals surface area contributed by atoms with E-state index in [-0.39, 0.29) is 11.6 Å². The van der Waals surface area contributed by atoms with Crippen LogP contribution in [0.1, 0.15) is 44.7 Å². The smallest absolute Gasteiger partial charge is 0.321 e. The predicted octanol–water partition coefficient (Wildman–Crippen LogP) is 5.35. The Bertz CT molecular complexity index is 1100. The molecule has 38 heavy (non-hydrogen) atoms. The highest BCUT2D eigenvalue weighted by Crippen LogP contribution is 2.50. The summed E-state index contributed by atoms with van der Waals surface area (Å²) in [5, 5.41) is 0. The lowest BCUT2D eigenvalue weighted by molar-refractivity contribution is 0.0116. The average molecular weight is 522 g/mol. The Labute approximate surface area is 228 Å². The number of nitrogens with zero attached hydrogens (tertiary/aromatic N) is 3. The first-order chi connectivity index (χ1) is 18.3. The number of likely N-dealkylation sites (tertiary alicyclic amines) is 1. The molecule has 1 spiro atoms. The van der Waals surface area contributed by atoms with Crippen LogP contribution < -0.4 is 9.47 Å². The van der Waals surface area contributed by atoms with Gasteiger partial charge in [0.25, 0.3) is 0 Å². The summed E-state index contributed by atoms with van der Waals surface area (Å²) in [4.78, 5) is 20.8. The van der Waals surface area contributed by atoms with Crippen LogP contribution in [-0.2, 0) is 17.8 Å². The molecule has 0 bridgehead atoms. The lowest BCUT2D eigenvalue weighted by atomic mass is 9.70. The summed E-state index contributed by atoms with van der Waals surface area (Å²) in [6, 6.07) is 16.5. The van der Waals surface area contributed by atoms with Crippen LogP contribution in [0.25, 0.3) is 0 Å². The molecule has 2 heterocycles. The second kappa shape index (κ2) is 11.8. The molecule has 2 amide bonds. The molecule has 2 aromatic rings. The van der Waals surface area contributed by atoms with Crippen LogP contribution in [0.5, 0.6) is 11.5 Å². The highest BCUT2D eigenvalue weighted by Gasteiger charge is 2.63. The van der Waals surface area contributed by atoms with Crippen molar-refractivity contribution in [1.29, 1.82) is 0 Å². The van der Waals surface area contributed by atoms with Crippen LogP contribution in [-0.4, -0.2) is 79.4 Å². The van der Waals surface area contributed by atoms with Gasteiger partial charge >= 0.3 is 6.03 Å². The summed E-state index contributed by atoms with van der Waals surface area (Å²) in [6.45, 7) is 10.8. The van der Waals surface area contributed by atoms with Crippen molar-refractivity contribution in [3.8, 4) is 11.5 Å². The van der Waals surface area contributed by atoms with Crippen molar-refractivity contribution in [3.63, 3.8) is 0 Å². The molecular formula is C31H43N3O4. The second-order valence-electron chi connectivity index (χ2n) is 10.9. The number of hydrogen-bond donors (Lipinski definition) is 0. The summed E-state index contributed by atoms with van der Waals surface area (Å²) >= 11 is 0. The molecule has 0 aromatic heterocycles. The van der Waals surface area contributed by atoms with Crippen LogP contribution >= 0.6 is 0 Å². The van der Waals surface area contributed by atoms with E-state index in [0.29, 0.717) is 19.7 Å². The van der Waals surface area contributed by atoms with Crippen molar-refractivity contribution in [3.05, 3.63) is 71.3 Å². The first kappa shape index (κ1) is 28.0. The van der Waals surface area contributed by atoms with E-state index in [1.165, 1.54) is 5.57 Å². The highest BCUT2D eigenvalue weighted by atomic mass is 16.5. The van der Waals surface area contributed by atoms with Gasteiger partial charge in [-0.25, -0.2) is 4.79 Å². The van der Waals surface area contributed by atoms with Gasteiger partial charge in [0.15, 0.2) is 0 Å². The molecule has 1 atom stereocenters. The number of allylic oxidation sites excluding steroid dienone is 1. The van der Waals surface area contributed by atoms with Gasteiger partial charge in [-0.3, -0.25) is 4.90 Å². The number of urea groups is 1. The zero-order chi connectivity index (χ0) is 27.3. The third-order valence-electron chi connectivity index (χ3n) is 8.25. The summed E-state index contributed by atoms with van der Waals surface area (Å²) in [5.74, 6) is 1.60. The number of carbonyl (C=O) groups excluding carboxylic acids is 1. The van der Waals surface area contributed by atoms with Crippen molar-refractivity contribution in [2.24, 2.45) is 0 Å². The minimum absolute atomic E-state index is 0.0943. The zero-order valence-electron chi connectivity index (χ0n) is 23.8. The van der Waals surface area contributed by atoms with Gasteiger partial charge in [-0.1, -0.05) is 42.0 Å². The lowest BCUT2D eigenvalue weighted by Gasteiger charge is -2.52. The molecular weight excluding hydrogens is 478 g/mol. The third kappa shape index (κ3) is 5.40. The maximum atomic E-state index is 14.1. The number of methoxy groups -OCH3 is 3. The quantitative estimate of drug-likeness (QED) is 0.395. The molecule has 2 saturated heterocycles. The van der Waals surface area contributed by atoms with Crippen molar-refractivity contribution in [2.45, 2.75) is 57.8 Å². The van der Waals surface area contributed by atoms with Crippen molar-refractivity contribution in [1.82, 2.24) is 14.7 Å². The first-order valence-corrected chi connectivity index (χ1v) is 13.5. The lowest BCUT2D eigenvalue weighted by Crippen LogP contribution is -2.63. The van der Waals surface area contributed by atoms with E-state index < -0.39 is 5.54 Å². The SMILES string of the molecule is COCCN1C(=O)N(Cc2ccccc2)C(C)(C=C(C)C)C12CCN(Cc1cc(OC)cc(OC)c1)CC2. The number of carbonyl (C=O) groups is 1. The van der Waals surface area contributed by atoms with E-state index >= 15 is 0 Å². The van der Waals surface area contributed by atoms with Gasteiger partial charge in [0.1, 0.15) is 11.5 Å². The minimum atomic E-state index is -0.447. The fourth-order valence-corrected chi connectivity index (χ4v) is 6.39. The molecule has 2 aromatic carbocycles. The van der Waals surface area contributed by atoms with Crippen molar-refractivity contribution >= 4 is 6.03 Å². The molecule has 0 N–H and O–H groups in total. The summed E-state index contributed by atoms with van der Waals surface area (Å²) in [7, 11) is 5.07. The monoisotopic (exact) mass is 521 g/mol. The molecule has 2 aliphatic rings. The Kier molecular flexibility index (Phi) is 8.68. The number of amides is 2. The standard InChI is InChI=1S/C31H43N3O4/c1-24(2)21-30(3)31(33(16-17-36-4)29(35)34(30)23-25-10-8-7-9-11-25)12-14-32(15-13-31)22-26-18-27(37-5)20-28(19-26)38-6/h7-11,18-21H,12-17,22-23H2,1-6H3. The maximum Gasteiger partial charge on any atom is 0.321 e. The molecule has 4 rings (SSSR count). The van der Waals surface area contributed by atoms with Crippen molar-refractivity contribution < 1.29 is 19.0 Å². The number of hydrogen-bond acceptors (Lipinski definition) is 5. The molecule has 2 fully saturated rings. The van der Waals surface area contributed by atoms with E-state index in [0.717, 1.165) is 55.1 Å². The van der Waals surface area contributed by atoms with Crippen LogP contribution in [0.2, 0.25) is 0 Å². The summed E-state index contributed by atoms with van der Waals surface area (Å²) in [6.07, 6.45) is 4.09. The molecule has 0 radical (unpaired) electrons. The van der Waals surface area contributed by atoms with E-state index in [2.05, 4.69) is 65.8 Å². The molecule has 1 unspecified atom stereocenters. The Balaban J connectivity index is 1.64. The van der Waals surface area contributed by atoms with Gasteiger partial charge in [-0.15, -0.1) is 0 Å². The van der Waals surface area contributed by atoms with E-state index in [1.807, 2.05) is 24.3 Å². The number of ether oxygens (including phenoxy) is 3. The number of piperidine rings is 1. The van der Waals surface area contributed by atoms with Gasteiger partial charge < -0.3 is 24.0 Å². The normalized spacial score (nSPS) is 21.2. The first-order valence-electron chi connectivity index (χ1n) is 13.5. The summed E-state index contributed by atoms with van der Waals surface area (Å²) < 4.78 is 16.4. The van der Waals surface area contributed by atoms with Crippen molar-refractivity contribution in [2.75, 3.05) is 47.6 Å². The molecule has 7 heteroatoms. The Morgan fingerprint density at radius 1 is 0.895 bits per heavy atom. The largest absolute Gasteiger partial charge is 0.497 e. The van der Waals surface area contributed by atoms with E-state index in [4.69, 9.17) is 14.2 Å². The number of benzene rings is 2. The molecule has 206 valence electrons. The Morgan fingerprint density at radius 3 is 2.08 bits per heavy atom. The number of rotatable bonds is 10. The van der Waals surface area contributed by atoms with Crippen LogP contribution in [0.4, 0.5) is 4.79 Å². The molecule has 0 aliphatic carbocycles.